The fourth-order valence-corrected chi connectivity index (χ4v) is 4.24. The van der Waals surface area contributed by atoms with Crippen LogP contribution in [0.15, 0.2) is 23.7 Å². The van der Waals surface area contributed by atoms with Gasteiger partial charge in [0.2, 0.25) is 0 Å². The lowest BCUT2D eigenvalue weighted by Gasteiger charge is -2.39. The van der Waals surface area contributed by atoms with Crippen LogP contribution in [-0.2, 0) is 0 Å². The summed E-state index contributed by atoms with van der Waals surface area (Å²) in [7, 11) is 1.90. The predicted octanol–water partition coefficient (Wildman–Crippen LogP) is 2.07. The molecule has 0 radical (unpaired) electrons. The first kappa shape index (κ1) is 18.2. The highest BCUT2D eigenvalue weighted by atomic mass is 15.3. The zero-order valence-corrected chi connectivity index (χ0v) is 16.1. The topological polar surface area (TPSA) is 48.7 Å². The molecule has 0 aromatic carbocycles. The summed E-state index contributed by atoms with van der Waals surface area (Å²) in [5.41, 5.74) is 0. The van der Waals surface area contributed by atoms with E-state index in [1.54, 1.807) is 0 Å². The number of nitrogens with zero attached hydrogens (tertiary/aromatic N) is 5. The molecule has 3 atom stereocenters. The minimum atomic E-state index is 0.470. The van der Waals surface area contributed by atoms with Crippen LogP contribution >= 0.6 is 0 Å². The largest absolute Gasteiger partial charge is 0.355 e. The van der Waals surface area contributed by atoms with Gasteiger partial charge in [-0.2, -0.15) is 0 Å². The third-order valence-corrected chi connectivity index (χ3v) is 5.79. The van der Waals surface area contributed by atoms with Crippen LogP contribution in [0.1, 0.15) is 39.2 Å². The Balaban J connectivity index is 1.50. The molecule has 6 nitrogen and oxygen atoms in total. The lowest BCUT2D eigenvalue weighted by Crippen LogP contribution is -2.50. The highest BCUT2D eigenvalue weighted by Crippen LogP contribution is 2.27. The number of hydrogen-bond donors (Lipinski definition) is 1. The Labute approximate surface area is 152 Å². The van der Waals surface area contributed by atoms with Gasteiger partial charge in [-0.1, -0.05) is 13.8 Å². The molecule has 0 saturated carbocycles. The van der Waals surface area contributed by atoms with Crippen LogP contribution < -0.4 is 5.32 Å². The summed E-state index contributed by atoms with van der Waals surface area (Å²) in [4.78, 5) is 13.8. The van der Waals surface area contributed by atoms with Crippen LogP contribution in [0.5, 0.6) is 0 Å². The summed E-state index contributed by atoms with van der Waals surface area (Å²) in [5.74, 6) is 2.55. The zero-order chi connectivity index (χ0) is 17.6. The number of piperidine rings is 2. The second kappa shape index (κ2) is 8.70. The van der Waals surface area contributed by atoms with Crippen molar-refractivity contribution < 1.29 is 0 Å². The molecule has 2 aliphatic rings. The smallest absolute Gasteiger partial charge is 0.193 e. The average molecular weight is 347 g/mol. The Morgan fingerprint density at radius 1 is 1.24 bits per heavy atom. The highest BCUT2D eigenvalue weighted by molar-refractivity contribution is 5.80. The molecule has 6 heteroatoms. The predicted molar refractivity (Wildman–Crippen MR) is 103 cm³/mol. The van der Waals surface area contributed by atoms with E-state index in [9.17, 15) is 0 Å². The van der Waals surface area contributed by atoms with Crippen LogP contribution in [0.25, 0.3) is 0 Å². The van der Waals surface area contributed by atoms with E-state index >= 15 is 0 Å². The molecule has 0 spiro atoms. The first-order valence-corrected chi connectivity index (χ1v) is 9.82. The first-order valence-electron chi connectivity index (χ1n) is 9.82. The molecule has 0 aliphatic carbocycles. The quantitative estimate of drug-likeness (QED) is 0.670. The van der Waals surface area contributed by atoms with E-state index in [1.807, 2.05) is 19.6 Å². The molecule has 3 unspecified atom stereocenters. The van der Waals surface area contributed by atoms with Gasteiger partial charge in [0.05, 0.1) is 12.4 Å². The summed E-state index contributed by atoms with van der Waals surface area (Å²) in [5, 5.41) is 3.59. The number of imidazole rings is 1. The Morgan fingerprint density at radius 2 is 2.12 bits per heavy atom. The minimum Gasteiger partial charge on any atom is -0.355 e. The van der Waals surface area contributed by atoms with Crippen LogP contribution in [-0.4, -0.2) is 71.6 Å². The number of rotatable bonds is 4. The molecule has 2 fully saturated rings. The van der Waals surface area contributed by atoms with Crippen molar-refractivity contribution in [2.75, 3.05) is 46.3 Å². The van der Waals surface area contributed by atoms with E-state index in [-0.39, 0.29) is 0 Å². The Hall–Kier alpha value is -1.56. The molecule has 1 aromatic rings. The van der Waals surface area contributed by atoms with Crippen molar-refractivity contribution in [2.45, 2.75) is 39.2 Å². The number of likely N-dealkylation sites (tertiary alicyclic amines) is 2. The molecule has 0 amide bonds. The molecule has 3 rings (SSSR count). The summed E-state index contributed by atoms with van der Waals surface area (Å²) in [6, 6.07) is 0.470. The van der Waals surface area contributed by atoms with Gasteiger partial charge < -0.3 is 19.7 Å². The van der Waals surface area contributed by atoms with Crippen molar-refractivity contribution in [1.29, 1.82) is 0 Å². The van der Waals surface area contributed by atoms with Crippen molar-refractivity contribution in [1.82, 2.24) is 24.7 Å². The standard InChI is InChI=1S/C19H34N6/c1-16-5-4-9-23(13-16)11-8-22-19(20-3)24-10-6-17(2)18(14-24)25-12-7-21-15-25/h7,12,15-18H,4-6,8-11,13-14H2,1-3H3,(H,20,22). The van der Waals surface area contributed by atoms with Gasteiger partial charge in [0.25, 0.3) is 0 Å². The molecule has 1 N–H and O–H groups in total. The summed E-state index contributed by atoms with van der Waals surface area (Å²) in [6.07, 6.45) is 9.81. The molecule has 140 valence electrons. The van der Waals surface area contributed by atoms with Crippen molar-refractivity contribution in [3.05, 3.63) is 18.7 Å². The number of aromatic nitrogens is 2. The molecule has 25 heavy (non-hydrogen) atoms. The van der Waals surface area contributed by atoms with Gasteiger partial charge >= 0.3 is 0 Å². The zero-order valence-electron chi connectivity index (χ0n) is 16.1. The van der Waals surface area contributed by atoms with E-state index < -0.39 is 0 Å². The van der Waals surface area contributed by atoms with E-state index in [2.05, 4.69) is 49.7 Å². The number of hydrogen-bond acceptors (Lipinski definition) is 3. The second-order valence-corrected chi connectivity index (χ2v) is 7.81. The maximum Gasteiger partial charge on any atom is 0.193 e. The van der Waals surface area contributed by atoms with E-state index in [4.69, 9.17) is 0 Å². The molecular weight excluding hydrogens is 312 g/mol. The highest BCUT2D eigenvalue weighted by Gasteiger charge is 2.28. The maximum absolute atomic E-state index is 4.54. The normalized spacial score (nSPS) is 29.0. The molecular formula is C19H34N6. The van der Waals surface area contributed by atoms with Crippen LogP contribution in [0.4, 0.5) is 0 Å². The van der Waals surface area contributed by atoms with Gasteiger partial charge in [0.1, 0.15) is 0 Å². The molecule has 0 bridgehead atoms. The number of nitrogens with one attached hydrogen (secondary N) is 1. The molecule has 3 heterocycles. The van der Waals surface area contributed by atoms with Crippen LogP contribution in [0.3, 0.4) is 0 Å². The monoisotopic (exact) mass is 346 g/mol. The van der Waals surface area contributed by atoms with Crippen LogP contribution in [0, 0.1) is 11.8 Å². The van der Waals surface area contributed by atoms with Gasteiger partial charge in [0, 0.05) is 52.2 Å². The maximum atomic E-state index is 4.54. The third-order valence-electron chi connectivity index (χ3n) is 5.79. The van der Waals surface area contributed by atoms with Gasteiger partial charge in [-0.05, 0) is 37.6 Å². The summed E-state index contributed by atoms with van der Waals surface area (Å²) >= 11 is 0. The molecule has 1 aromatic heterocycles. The van der Waals surface area contributed by atoms with Gasteiger partial charge in [-0.25, -0.2) is 4.98 Å². The first-order chi connectivity index (χ1) is 12.2. The van der Waals surface area contributed by atoms with E-state index in [0.717, 1.165) is 38.1 Å². The van der Waals surface area contributed by atoms with E-state index in [0.29, 0.717) is 12.0 Å². The summed E-state index contributed by atoms with van der Waals surface area (Å²) < 4.78 is 2.25. The van der Waals surface area contributed by atoms with Crippen LogP contribution in [0.2, 0.25) is 0 Å². The van der Waals surface area contributed by atoms with Gasteiger partial charge in [0.15, 0.2) is 5.96 Å². The van der Waals surface area contributed by atoms with Crippen molar-refractivity contribution in [2.24, 2.45) is 16.8 Å². The fraction of sp³-hybridized carbons (Fsp3) is 0.789. The fourth-order valence-electron chi connectivity index (χ4n) is 4.24. The van der Waals surface area contributed by atoms with E-state index in [1.165, 1.54) is 32.4 Å². The lowest BCUT2D eigenvalue weighted by atomic mass is 9.93. The minimum absolute atomic E-state index is 0.470. The second-order valence-electron chi connectivity index (χ2n) is 7.81. The Morgan fingerprint density at radius 3 is 2.84 bits per heavy atom. The molecule has 2 aliphatic heterocycles. The van der Waals surface area contributed by atoms with Crippen molar-refractivity contribution in [3.8, 4) is 0 Å². The lowest BCUT2D eigenvalue weighted by molar-refractivity contribution is 0.179. The van der Waals surface area contributed by atoms with Crippen molar-refractivity contribution in [3.63, 3.8) is 0 Å². The average Bonchev–Trinajstić information content (AvgIpc) is 3.14. The Kier molecular flexibility index (Phi) is 6.34. The van der Waals surface area contributed by atoms with Crippen molar-refractivity contribution >= 4 is 5.96 Å². The van der Waals surface area contributed by atoms with Gasteiger partial charge in [-0.3, -0.25) is 4.99 Å². The van der Waals surface area contributed by atoms with Gasteiger partial charge in [-0.15, -0.1) is 0 Å². The SMILES string of the molecule is CN=C(NCCN1CCCC(C)C1)N1CCC(C)C(n2ccnc2)C1. The number of aliphatic imine (C=N–C) groups is 1. The molecule has 2 saturated heterocycles. The Bertz CT molecular complexity index is 540. The number of guanidine groups is 1. The summed E-state index contributed by atoms with van der Waals surface area (Å²) in [6.45, 7) is 11.3. The third kappa shape index (κ3) is 4.75.